The van der Waals surface area contributed by atoms with Crippen LogP contribution in [0.2, 0.25) is 5.02 Å². The molecule has 0 aliphatic heterocycles. The number of nitrogen functional groups attached to an aromatic ring is 1. The molecule has 0 bridgehead atoms. The lowest BCUT2D eigenvalue weighted by Crippen LogP contribution is -2.30. The van der Waals surface area contributed by atoms with Crippen LogP contribution in [0.25, 0.3) is 0 Å². The molecule has 1 amide bonds. The molecule has 0 aliphatic carbocycles. The Morgan fingerprint density at radius 2 is 1.95 bits per heavy atom. The van der Waals surface area contributed by atoms with E-state index >= 15 is 0 Å². The number of rotatable bonds is 3. The molecule has 0 aliphatic rings. The fraction of sp³-hybridized carbons (Fsp3) is 0.200. The first-order valence-corrected chi connectivity index (χ1v) is 6.61. The summed E-state index contributed by atoms with van der Waals surface area (Å²) in [4.78, 5) is 18.0. The van der Waals surface area contributed by atoms with E-state index < -0.39 is 0 Å². The fourth-order valence-electron chi connectivity index (χ4n) is 1.93. The van der Waals surface area contributed by atoms with Crippen LogP contribution in [0.1, 0.15) is 28.9 Å². The summed E-state index contributed by atoms with van der Waals surface area (Å²) >= 11 is 5.87. The van der Waals surface area contributed by atoms with Gasteiger partial charge in [-0.3, -0.25) is 4.79 Å². The van der Waals surface area contributed by atoms with E-state index in [0.29, 0.717) is 10.6 Å². The summed E-state index contributed by atoms with van der Waals surface area (Å²) in [6.07, 6.45) is 1.56. The molecule has 2 aromatic rings. The average Bonchev–Trinajstić information content (AvgIpc) is 2.46. The van der Waals surface area contributed by atoms with Gasteiger partial charge in [0.05, 0.1) is 11.6 Å². The minimum Gasteiger partial charge on any atom is -0.383 e. The summed E-state index contributed by atoms with van der Waals surface area (Å²) in [5, 5.41) is 0.673. The average molecular weight is 290 g/mol. The topological polar surface area (TPSA) is 59.2 Å². The largest absolute Gasteiger partial charge is 0.383 e. The Kier molecular flexibility index (Phi) is 4.25. The van der Waals surface area contributed by atoms with Crippen molar-refractivity contribution < 1.29 is 4.79 Å². The summed E-state index contributed by atoms with van der Waals surface area (Å²) in [6, 6.07) is 10.7. The normalized spacial score (nSPS) is 11.9. The van der Waals surface area contributed by atoms with Crippen molar-refractivity contribution in [3.63, 3.8) is 0 Å². The van der Waals surface area contributed by atoms with Crippen LogP contribution >= 0.6 is 11.6 Å². The van der Waals surface area contributed by atoms with Crippen molar-refractivity contribution in [1.82, 2.24) is 9.88 Å². The van der Waals surface area contributed by atoms with Crippen LogP contribution in [0, 0.1) is 0 Å². The molecule has 0 saturated heterocycles. The van der Waals surface area contributed by atoms with Crippen LogP contribution in [0.15, 0.2) is 42.6 Å². The first kappa shape index (κ1) is 14.3. The molecule has 5 heteroatoms. The summed E-state index contributed by atoms with van der Waals surface area (Å²) in [7, 11) is 1.74. The molecular weight excluding hydrogens is 274 g/mol. The van der Waals surface area contributed by atoms with E-state index in [4.69, 9.17) is 17.3 Å². The number of anilines is 1. The van der Waals surface area contributed by atoms with E-state index in [1.165, 1.54) is 0 Å². The Balaban J connectivity index is 2.22. The molecule has 2 N–H and O–H groups in total. The van der Waals surface area contributed by atoms with Gasteiger partial charge < -0.3 is 10.6 Å². The third-order valence-electron chi connectivity index (χ3n) is 3.32. The first-order chi connectivity index (χ1) is 9.50. The molecule has 1 atom stereocenters. The zero-order valence-corrected chi connectivity index (χ0v) is 12.1. The predicted molar refractivity (Wildman–Crippen MR) is 80.6 cm³/mol. The number of carbonyl (C=O) groups excluding carboxylic acids is 1. The van der Waals surface area contributed by atoms with E-state index in [1.807, 2.05) is 31.2 Å². The summed E-state index contributed by atoms with van der Waals surface area (Å²) in [5.74, 6) is 0.0886. The maximum atomic E-state index is 12.4. The van der Waals surface area contributed by atoms with Gasteiger partial charge in [0.2, 0.25) is 0 Å². The van der Waals surface area contributed by atoms with Crippen molar-refractivity contribution in [3.05, 3.63) is 58.7 Å². The molecule has 4 nitrogen and oxygen atoms in total. The molecule has 104 valence electrons. The zero-order valence-electron chi connectivity index (χ0n) is 11.4. The summed E-state index contributed by atoms with van der Waals surface area (Å²) < 4.78 is 0. The Morgan fingerprint density at radius 3 is 2.55 bits per heavy atom. The van der Waals surface area contributed by atoms with Gasteiger partial charge in [-0.05, 0) is 36.8 Å². The Hall–Kier alpha value is -2.07. The van der Waals surface area contributed by atoms with Crippen molar-refractivity contribution in [3.8, 4) is 0 Å². The summed E-state index contributed by atoms with van der Waals surface area (Å²) in [6.45, 7) is 1.95. The Bertz CT molecular complexity index is 613. The van der Waals surface area contributed by atoms with Crippen molar-refractivity contribution in [2.24, 2.45) is 0 Å². The van der Waals surface area contributed by atoms with E-state index in [1.54, 1.807) is 30.3 Å². The van der Waals surface area contributed by atoms with Gasteiger partial charge in [-0.25, -0.2) is 4.98 Å². The molecule has 20 heavy (non-hydrogen) atoms. The van der Waals surface area contributed by atoms with E-state index in [2.05, 4.69) is 4.98 Å². The minimum absolute atomic E-state index is 0.0839. The highest BCUT2D eigenvalue weighted by Crippen LogP contribution is 2.23. The fourth-order valence-corrected chi connectivity index (χ4v) is 2.06. The highest BCUT2D eigenvalue weighted by molar-refractivity contribution is 6.30. The lowest BCUT2D eigenvalue weighted by atomic mass is 10.1. The second kappa shape index (κ2) is 5.92. The van der Waals surface area contributed by atoms with Gasteiger partial charge in [-0.1, -0.05) is 23.7 Å². The molecule has 0 saturated carbocycles. The van der Waals surface area contributed by atoms with Crippen LogP contribution < -0.4 is 5.73 Å². The number of benzene rings is 1. The maximum absolute atomic E-state index is 12.4. The Morgan fingerprint density at radius 1 is 1.30 bits per heavy atom. The quantitative estimate of drug-likeness (QED) is 0.944. The lowest BCUT2D eigenvalue weighted by Gasteiger charge is -2.25. The third-order valence-corrected chi connectivity index (χ3v) is 3.57. The molecule has 0 radical (unpaired) electrons. The van der Waals surface area contributed by atoms with Gasteiger partial charge in [0.25, 0.3) is 5.91 Å². The molecule has 1 aromatic carbocycles. The predicted octanol–water partition coefficient (Wildman–Crippen LogP) is 3.15. The second-order valence-corrected chi connectivity index (χ2v) is 5.02. The smallest absolute Gasteiger partial charge is 0.257 e. The molecule has 0 fully saturated rings. The number of hydrogen-bond donors (Lipinski definition) is 1. The van der Waals surface area contributed by atoms with Crippen molar-refractivity contribution in [2.75, 3.05) is 12.8 Å². The number of aromatic nitrogens is 1. The number of pyridine rings is 1. The molecule has 1 aromatic heterocycles. The summed E-state index contributed by atoms with van der Waals surface area (Å²) in [5.41, 5.74) is 7.16. The standard InChI is InChI=1S/C15H16ClN3O/c1-10(11-5-7-12(16)8-6-11)19(2)15(20)13-4-3-9-18-14(13)17/h3-10H,1-2H3,(H2,17,18). The number of carbonyl (C=O) groups is 1. The molecular formula is C15H16ClN3O. The Labute approximate surface area is 123 Å². The highest BCUT2D eigenvalue weighted by Gasteiger charge is 2.20. The first-order valence-electron chi connectivity index (χ1n) is 6.24. The van der Waals surface area contributed by atoms with Crippen molar-refractivity contribution in [1.29, 1.82) is 0 Å². The van der Waals surface area contributed by atoms with Gasteiger partial charge in [-0.2, -0.15) is 0 Å². The number of nitrogens with two attached hydrogens (primary N) is 1. The molecule has 2 rings (SSSR count). The maximum Gasteiger partial charge on any atom is 0.257 e. The SMILES string of the molecule is CC(c1ccc(Cl)cc1)N(C)C(=O)c1cccnc1N. The number of amides is 1. The van der Waals surface area contributed by atoms with E-state index in [0.717, 1.165) is 5.56 Å². The molecule has 1 unspecified atom stereocenters. The van der Waals surface area contributed by atoms with Crippen molar-refractivity contribution in [2.45, 2.75) is 13.0 Å². The van der Waals surface area contributed by atoms with Crippen LogP contribution in [-0.4, -0.2) is 22.8 Å². The van der Waals surface area contributed by atoms with Gasteiger partial charge in [0.15, 0.2) is 0 Å². The number of halogens is 1. The van der Waals surface area contributed by atoms with E-state index in [-0.39, 0.29) is 17.8 Å². The molecule has 1 heterocycles. The van der Waals surface area contributed by atoms with Crippen LogP contribution in [0.4, 0.5) is 5.82 Å². The van der Waals surface area contributed by atoms with Crippen LogP contribution in [0.3, 0.4) is 0 Å². The van der Waals surface area contributed by atoms with Gasteiger partial charge in [0, 0.05) is 18.3 Å². The third kappa shape index (κ3) is 2.91. The monoisotopic (exact) mass is 289 g/mol. The van der Waals surface area contributed by atoms with Crippen LogP contribution in [0.5, 0.6) is 0 Å². The molecule has 0 spiro atoms. The van der Waals surface area contributed by atoms with Gasteiger partial charge in [0.1, 0.15) is 5.82 Å². The van der Waals surface area contributed by atoms with E-state index in [9.17, 15) is 4.79 Å². The second-order valence-electron chi connectivity index (χ2n) is 4.58. The highest BCUT2D eigenvalue weighted by atomic mass is 35.5. The minimum atomic E-state index is -0.155. The zero-order chi connectivity index (χ0) is 14.7. The number of nitrogens with zero attached hydrogens (tertiary/aromatic N) is 2. The van der Waals surface area contributed by atoms with Crippen LogP contribution in [-0.2, 0) is 0 Å². The van der Waals surface area contributed by atoms with Gasteiger partial charge in [-0.15, -0.1) is 0 Å². The number of hydrogen-bond acceptors (Lipinski definition) is 3. The van der Waals surface area contributed by atoms with Gasteiger partial charge >= 0.3 is 0 Å². The van der Waals surface area contributed by atoms with Crippen molar-refractivity contribution >= 4 is 23.3 Å². The lowest BCUT2D eigenvalue weighted by molar-refractivity contribution is 0.0743.